The fraction of sp³-hybridized carbons (Fsp3) is 0.389. The number of aromatic amines is 1. The molecule has 0 saturated heterocycles. The number of carbonyl (C=O) groups excluding carboxylic acids is 1. The van der Waals surface area contributed by atoms with E-state index in [1.165, 1.54) is 24.0 Å². The first-order chi connectivity index (χ1) is 12.0. The van der Waals surface area contributed by atoms with Crippen LogP contribution in [0.3, 0.4) is 0 Å². The van der Waals surface area contributed by atoms with E-state index in [1.54, 1.807) is 0 Å². The van der Waals surface area contributed by atoms with Crippen LogP contribution in [0, 0.1) is 5.82 Å². The summed E-state index contributed by atoms with van der Waals surface area (Å²) in [4.78, 5) is 19.5. The number of carbonyl (C=O) groups is 1. The zero-order valence-corrected chi connectivity index (χ0v) is 14.2. The van der Waals surface area contributed by atoms with Crippen molar-refractivity contribution in [2.45, 2.75) is 45.2 Å². The van der Waals surface area contributed by atoms with E-state index in [1.807, 2.05) is 10.9 Å². The molecule has 25 heavy (non-hydrogen) atoms. The van der Waals surface area contributed by atoms with Gasteiger partial charge in [-0.1, -0.05) is 0 Å². The standard InChI is InChI=1S/C18H20FN5O/c1-10(2)24-17-5-12(4-3-11(17)8-22-24)23-18(25)13-6-15-16(7-14(13)19)21-9-20-15/h6-10,12H,3-5H2,1-2H3,(H,20,21)(H,23,25). The molecule has 0 spiro atoms. The van der Waals surface area contributed by atoms with Crippen molar-refractivity contribution in [3.8, 4) is 0 Å². The van der Waals surface area contributed by atoms with Crippen molar-refractivity contribution in [3.63, 3.8) is 0 Å². The van der Waals surface area contributed by atoms with Crippen LogP contribution in [0.1, 0.15) is 47.9 Å². The van der Waals surface area contributed by atoms with E-state index in [0.717, 1.165) is 18.5 Å². The third kappa shape index (κ3) is 2.79. The summed E-state index contributed by atoms with van der Waals surface area (Å²) in [5.74, 6) is -0.940. The van der Waals surface area contributed by atoms with Crippen molar-refractivity contribution in [1.82, 2.24) is 25.1 Å². The Labute approximate surface area is 144 Å². The lowest BCUT2D eigenvalue weighted by molar-refractivity contribution is 0.0929. The van der Waals surface area contributed by atoms with E-state index < -0.39 is 11.7 Å². The SMILES string of the molecule is CC(C)n1ncc2c1CC(NC(=O)c1cc3nc[nH]c3cc1F)CC2. The number of nitrogens with one attached hydrogen (secondary N) is 2. The molecule has 2 N–H and O–H groups in total. The Kier molecular flexibility index (Phi) is 3.78. The van der Waals surface area contributed by atoms with Crippen LogP contribution in [0.4, 0.5) is 4.39 Å². The molecular formula is C18H20FN5O. The van der Waals surface area contributed by atoms with Gasteiger partial charge in [0.15, 0.2) is 0 Å². The van der Waals surface area contributed by atoms with Crippen LogP contribution >= 0.6 is 0 Å². The molecule has 0 fully saturated rings. The van der Waals surface area contributed by atoms with E-state index in [-0.39, 0.29) is 17.6 Å². The Morgan fingerprint density at radius 2 is 2.28 bits per heavy atom. The van der Waals surface area contributed by atoms with Gasteiger partial charge < -0.3 is 10.3 Å². The Morgan fingerprint density at radius 3 is 3.08 bits per heavy atom. The highest BCUT2D eigenvalue weighted by Gasteiger charge is 2.26. The molecule has 1 aromatic carbocycles. The Morgan fingerprint density at radius 1 is 1.44 bits per heavy atom. The molecule has 0 aliphatic heterocycles. The van der Waals surface area contributed by atoms with Gasteiger partial charge in [0.2, 0.25) is 0 Å². The van der Waals surface area contributed by atoms with E-state index in [0.29, 0.717) is 17.5 Å². The highest BCUT2D eigenvalue weighted by Crippen LogP contribution is 2.24. The number of rotatable bonds is 3. The Bertz CT molecular complexity index is 942. The molecule has 1 atom stereocenters. The topological polar surface area (TPSA) is 75.6 Å². The molecule has 1 unspecified atom stereocenters. The van der Waals surface area contributed by atoms with Gasteiger partial charge in [0.1, 0.15) is 5.82 Å². The van der Waals surface area contributed by atoms with Crippen LogP contribution in [0.5, 0.6) is 0 Å². The lowest BCUT2D eigenvalue weighted by Gasteiger charge is -2.25. The summed E-state index contributed by atoms with van der Waals surface area (Å²) >= 11 is 0. The first-order valence-corrected chi connectivity index (χ1v) is 8.51. The largest absolute Gasteiger partial charge is 0.349 e. The van der Waals surface area contributed by atoms with Crippen LogP contribution in [0.25, 0.3) is 11.0 Å². The molecule has 6 nitrogen and oxygen atoms in total. The van der Waals surface area contributed by atoms with E-state index in [4.69, 9.17) is 0 Å². The number of hydrogen-bond donors (Lipinski definition) is 2. The first-order valence-electron chi connectivity index (χ1n) is 8.51. The van der Waals surface area contributed by atoms with E-state index >= 15 is 0 Å². The van der Waals surface area contributed by atoms with E-state index in [2.05, 4.69) is 34.2 Å². The number of aryl methyl sites for hydroxylation is 1. The lowest BCUT2D eigenvalue weighted by Crippen LogP contribution is -2.39. The monoisotopic (exact) mass is 341 g/mol. The van der Waals surface area contributed by atoms with Gasteiger partial charge in [-0.05, 0) is 38.3 Å². The van der Waals surface area contributed by atoms with Gasteiger partial charge in [-0.25, -0.2) is 9.37 Å². The molecule has 1 aliphatic carbocycles. The first kappa shape index (κ1) is 15.8. The van der Waals surface area contributed by atoms with Gasteiger partial charge in [-0.2, -0.15) is 5.10 Å². The molecule has 1 aliphatic rings. The van der Waals surface area contributed by atoms with Gasteiger partial charge in [0, 0.05) is 30.3 Å². The molecule has 0 saturated carbocycles. The fourth-order valence-electron chi connectivity index (χ4n) is 3.48. The number of amides is 1. The normalized spacial score (nSPS) is 17.0. The highest BCUT2D eigenvalue weighted by molar-refractivity contribution is 5.97. The molecule has 7 heteroatoms. The second kappa shape index (κ2) is 5.98. The maximum absolute atomic E-state index is 14.2. The Balaban J connectivity index is 1.54. The molecule has 1 amide bonds. The van der Waals surface area contributed by atoms with Crippen molar-refractivity contribution in [2.24, 2.45) is 0 Å². The maximum Gasteiger partial charge on any atom is 0.254 e. The molecule has 3 aromatic rings. The van der Waals surface area contributed by atoms with Crippen molar-refractivity contribution >= 4 is 16.9 Å². The number of halogens is 1. The number of hydrogen-bond acceptors (Lipinski definition) is 3. The summed E-state index contributed by atoms with van der Waals surface area (Å²) < 4.78 is 16.2. The summed E-state index contributed by atoms with van der Waals surface area (Å²) in [5.41, 5.74) is 3.59. The fourth-order valence-corrected chi connectivity index (χ4v) is 3.48. The number of benzene rings is 1. The summed E-state index contributed by atoms with van der Waals surface area (Å²) in [6.45, 7) is 4.17. The zero-order chi connectivity index (χ0) is 17.6. The van der Waals surface area contributed by atoms with Crippen LogP contribution in [-0.2, 0) is 12.8 Å². The predicted molar refractivity (Wildman–Crippen MR) is 91.9 cm³/mol. The van der Waals surface area contributed by atoms with Gasteiger partial charge in [0.05, 0.1) is 29.1 Å². The van der Waals surface area contributed by atoms with Crippen LogP contribution in [0.2, 0.25) is 0 Å². The number of fused-ring (bicyclic) bond motifs is 2. The summed E-state index contributed by atoms with van der Waals surface area (Å²) in [5, 5.41) is 7.42. The molecule has 4 rings (SSSR count). The van der Waals surface area contributed by atoms with Crippen LogP contribution in [-0.4, -0.2) is 31.7 Å². The predicted octanol–water partition coefficient (Wildman–Crippen LogP) is 2.77. The maximum atomic E-state index is 14.2. The average molecular weight is 341 g/mol. The molecule has 130 valence electrons. The lowest BCUT2D eigenvalue weighted by atomic mass is 9.93. The van der Waals surface area contributed by atoms with Crippen molar-refractivity contribution < 1.29 is 9.18 Å². The van der Waals surface area contributed by atoms with Crippen molar-refractivity contribution in [2.75, 3.05) is 0 Å². The van der Waals surface area contributed by atoms with Crippen molar-refractivity contribution in [3.05, 3.63) is 47.3 Å². The molecule has 2 heterocycles. The number of H-pyrrole nitrogens is 1. The molecule has 0 bridgehead atoms. The zero-order valence-electron chi connectivity index (χ0n) is 14.2. The average Bonchev–Trinajstić information content (AvgIpc) is 3.19. The minimum atomic E-state index is -0.544. The summed E-state index contributed by atoms with van der Waals surface area (Å²) in [6, 6.07) is 3.05. The minimum Gasteiger partial charge on any atom is -0.349 e. The second-order valence-electron chi connectivity index (χ2n) is 6.82. The smallest absolute Gasteiger partial charge is 0.254 e. The second-order valence-corrected chi connectivity index (χ2v) is 6.82. The number of imidazole rings is 1. The van der Waals surface area contributed by atoms with Gasteiger partial charge in [-0.15, -0.1) is 0 Å². The van der Waals surface area contributed by atoms with Gasteiger partial charge in [-0.3, -0.25) is 9.48 Å². The summed E-state index contributed by atoms with van der Waals surface area (Å²) in [6.07, 6.45) is 5.81. The van der Waals surface area contributed by atoms with Crippen LogP contribution in [0.15, 0.2) is 24.7 Å². The molecular weight excluding hydrogens is 321 g/mol. The molecule has 2 aromatic heterocycles. The minimum absolute atomic E-state index is 0.0246. The van der Waals surface area contributed by atoms with Gasteiger partial charge >= 0.3 is 0 Å². The quantitative estimate of drug-likeness (QED) is 0.769. The Hall–Kier alpha value is -2.70. The number of aromatic nitrogens is 4. The van der Waals surface area contributed by atoms with Crippen molar-refractivity contribution in [1.29, 1.82) is 0 Å². The van der Waals surface area contributed by atoms with Gasteiger partial charge in [0.25, 0.3) is 5.91 Å². The third-order valence-electron chi connectivity index (χ3n) is 4.77. The number of nitrogens with zero attached hydrogens (tertiary/aromatic N) is 3. The molecule has 0 radical (unpaired) electrons. The van der Waals surface area contributed by atoms with E-state index in [9.17, 15) is 9.18 Å². The highest BCUT2D eigenvalue weighted by atomic mass is 19.1. The third-order valence-corrected chi connectivity index (χ3v) is 4.77. The van der Waals surface area contributed by atoms with Crippen LogP contribution < -0.4 is 5.32 Å². The summed E-state index contributed by atoms with van der Waals surface area (Å²) in [7, 11) is 0.